The number of aliphatic hydroxyl groups excluding tert-OH is 1. The molecule has 0 fully saturated rings. The van der Waals surface area contributed by atoms with Gasteiger partial charge in [0.1, 0.15) is 0 Å². The van der Waals surface area contributed by atoms with Gasteiger partial charge >= 0.3 is 7.48 Å². The summed E-state index contributed by atoms with van der Waals surface area (Å²) in [4.78, 5) is 0. The van der Waals surface area contributed by atoms with E-state index in [0.717, 1.165) is 22.4 Å². The van der Waals surface area contributed by atoms with Crippen molar-refractivity contribution in [2.24, 2.45) is 0 Å². The number of benzene rings is 22. The van der Waals surface area contributed by atoms with Crippen LogP contribution in [0.5, 0.6) is 0 Å². The number of aliphatic hydroxyl groups is 2. The van der Waals surface area contributed by atoms with Gasteiger partial charge in [0.2, 0.25) is 0 Å². The monoisotopic (exact) mass is 1650 g/mol. The zero-order chi connectivity index (χ0) is 82.6. The highest BCUT2D eigenvalue weighted by Gasteiger charge is 2.50. The first-order chi connectivity index (χ1) is 59.8. The van der Waals surface area contributed by atoms with E-state index in [9.17, 15) is 5.11 Å². The maximum atomic E-state index is 10.8. The Hall–Kier alpha value is -13.6. The molecule has 2 aliphatic carbocycles. The second-order valence-electron chi connectivity index (χ2n) is 33.5. The van der Waals surface area contributed by atoms with Crippen LogP contribution < -0.4 is 5.46 Å². The number of rotatable bonds is 11. The molecule has 0 aliphatic heterocycles. The molecule has 0 aromatic heterocycles. The van der Waals surface area contributed by atoms with Crippen LogP contribution in [0.4, 0.5) is 0 Å². The molecule has 2 N–H and O–H groups in total. The Morgan fingerprint density at radius 2 is 0.602 bits per heavy atom. The summed E-state index contributed by atoms with van der Waals surface area (Å²) in [6.07, 6.45) is 0. The van der Waals surface area contributed by atoms with Crippen molar-refractivity contribution >= 4 is 137 Å². The third-order valence-electron chi connectivity index (χ3n) is 26.5. The predicted molar refractivity (Wildman–Crippen MR) is 529 cm³/mol. The minimum atomic E-state index is -1.01. The highest BCUT2D eigenvalue weighted by molar-refractivity contribution is 9.10. The van der Waals surface area contributed by atoms with Gasteiger partial charge in [-0.3, -0.25) is 0 Å². The van der Waals surface area contributed by atoms with Crippen molar-refractivity contribution in [1.82, 2.24) is 0 Å². The zero-order valence-electron chi connectivity index (χ0n) is 68.5. The first-order valence-electron chi connectivity index (χ1n) is 42.1. The quantitative estimate of drug-likeness (QED) is 0.100. The van der Waals surface area contributed by atoms with Gasteiger partial charge in [0.25, 0.3) is 0 Å². The fraction of sp³-hybridized carbons (Fsp3) is 0.0847. The van der Waals surface area contributed by atoms with Gasteiger partial charge in [0, 0.05) is 13.0 Å². The molecule has 3 nitrogen and oxygen atoms in total. The molecule has 0 atom stereocenters. The molecule has 0 bridgehead atoms. The molecule has 0 spiro atoms. The summed E-state index contributed by atoms with van der Waals surface area (Å²) in [5.74, 6) is 0. The van der Waals surface area contributed by atoms with E-state index in [2.05, 4.69) is 428 Å². The summed E-state index contributed by atoms with van der Waals surface area (Å²) in [5.41, 5.74) is 21.1. The Balaban J connectivity index is 0.000000127. The summed E-state index contributed by atoms with van der Waals surface area (Å²) in [7, 11) is 2.85. The van der Waals surface area contributed by atoms with E-state index in [0.29, 0.717) is 0 Å². The van der Waals surface area contributed by atoms with Crippen LogP contribution in [0, 0.1) is 0 Å². The van der Waals surface area contributed by atoms with E-state index in [1.165, 1.54) is 202 Å². The summed E-state index contributed by atoms with van der Waals surface area (Å²) in [6, 6.07) is 152. The summed E-state index contributed by atoms with van der Waals surface area (Å²) < 4.78 is 7.53. The minimum Gasteiger partial charge on any atom is -0.427 e. The summed E-state index contributed by atoms with van der Waals surface area (Å²) in [5, 5.41) is 43.5. The van der Waals surface area contributed by atoms with Crippen molar-refractivity contribution < 1.29 is 16.3 Å². The fourth-order valence-electron chi connectivity index (χ4n) is 20.4. The zero-order valence-corrected chi connectivity index (χ0v) is 70.1. The molecule has 5 heteroatoms. The lowest BCUT2D eigenvalue weighted by molar-refractivity contribution is -0.0893. The van der Waals surface area contributed by atoms with Crippen molar-refractivity contribution in [2.75, 3.05) is 7.11 Å². The second kappa shape index (κ2) is 31.1. The smallest absolute Gasteiger partial charge is 0.331 e. The Morgan fingerprint density at radius 1 is 0.276 bits per heavy atom. The molecule has 24 rings (SSSR count). The van der Waals surface area contributed by atoms with Crippen LogP contribution in [-0.4, -0.2) is 36.0 Å². The van der Waals surface area contributed by atoms with E-state index in [4.69, 9.17) is 9.76 Å². The molecule has 1 radical (unpaired) electrons. The topological polar surface area (TPSA) is 49.7 Å². The maximum Gasteiger partial charge on any atom is 0.331 e. The Labute approximate surface area is 729 Å². The summed E-state index contributed by atoms with van der Waals surface area (Å²) in [6.45, 7) is 7.43. The molecule has 22 aromatic carbocycles. The highest BCUT2D eigenvalue weighted by Crippen LogP contribution is 2.62. The van der Waals surface area contributed by atoms with E-state index < -0.39 is 22.0 Å². The van der Waals surface area contributed by atoms with E-state index in [1.54, 1.807) is 13.8 Å². The molecule has 0 heterocycles. The maximum absolute atomic E-state index is 10.8. The molecule has 0 saturated carbocycles. The van der Waals surface area contributed by atoms with Crippen LogP contribution in [0.25, 0.3) is 163 Å². The van der Waals surface area contributed by atoms with Crippen molar-refractivity contribution in [3.8, 4) is 55.6 Å². The lowest BCUT2D eigenvalue weighted by Crippen LogP contribution is -2.49. The van der Waals surface area contributed by atoms with Crippen LogP contribution in [0.15, 0.2) is 417 Å². The van der Waals surface area contributed by atoms with Gasteiger partial charge < -0.3 is 14.9 Å². The van der Waals surface area contributed by atoms with Gasteiger partial charge in [-0.05, 0) is 265 Å². The normalized spacial score (nSPS) is 13.0. The van der Waals surface area contributed by atoms with Crippen LogP contribution in [-0.2, 0) is 15.5 Å². The first kappa shape index (κ1) is 78.0. The molecule has 0 unspecified atom stereocenters. The highest BCUT2D eigenvalue weighted by atomic mass is 79.9. The molecule has 0 amide bonds. The van der Waals surface area contributed by atoms with Crippen molar-refractivity contribution in [3.05, 3.63) is 461 Å². The Morgan fingerprint density at radius 3 is 1.05 bits per heavy atom. The fourth-order valence-corrected chi connectivity index (χ4v) is 20.8. The minimum absolute atomic E-state index is 0. The van der Waals surface area contributed by atoms with E-state index in [-0.39, 0.29) is 8.85 Å². The van der Waals surface area contributed by atoms with Gasteiger partial charge in [-0.25, -0.2) is 0 Å². The number of hydrogen-bond acceptors (Lipinski definition) is 3. The van der Waals surface area contributed by atoms with Gasteiger partial charge in [-0.2, -0.15) is 0 Å². The average molecular weight is 1650 g/mol. The first-order valence-corrected chi connectivity index (χ1v) is 42.9. The lowest BCUT2D eigenvalue weighted by Gasteiger charge is -2.38. The lowest BCUT2D eigenvalue weighted by atomic mass is 9.66. The van der Waals surface area contributed by atoms with E-state index >= 15 is 0 Å². The number of hydrogen-bond donors (Lipinski definition) is 2. The van der Waals surface area contributed by atoms with Crippen molar-refractivity contribution in [3.63, 3.8) is 0 Å². The van der Waals surface area contributed by atoms with Gasteiger partial charge in [0.05, 0.1) is 22.0 Å². The van der Waals surface area contributed by atoms with Crippen LogP contribution in [0.1, 0.15) is 81.1 Å². The third-order valence-corrected chi connectivity index (χ3v) is 27.2. The largest absolute Gasteiger partial charge is 0.427 e. The van der Waals surface area contributed by atoms with E-state index in [1.807, 2.05) is 21.3 Å². The van der Waals surface area contributed by atoms with Crippen LogP contribution in [0.3, 0.4) is 0 Å². The molecular weight excluding hydrogens is 1560 g/mol. The molecule has 0 saturated heterocycles. The molecule has 123 heavy (non-hydrogen) atoms. The Bertz CT molecular complexity index is 7730. The standard InChI is InChI=1S/C55H34.C35H32BO2.C26H15Br.CH4O.CH4.H2/c1-3-16-41(17-4-1)55(42-18-5-2-6-19-42)50-22-12-11-21-48(50)53-49(34-39-15-9-10-20-44(39)54(53)55)45-30-26-37-27-31-46-43(29-25-36-28-32-47(45)52(37)51(36)46)40-24-23-35-13-7-8-14-38(35)33-40;1-33(2,37)34(3,4)38-36-30-23-24-15-11-12-20-27(24)32-31(30)28-21-13-14-22-29(28)35(32,25-16-7-5-8-17-25)26-18-9-6-10-19-26;27-24-14-10-18-8-12-22-21(11-7-17-9-13-23(24)26(18)25(17)22)20-6-5-16-3-1-2-4-19(16)15-20;1-2;;/h1-34H;5-23,37H,1-4H3;1-15H;2H,1H3;1H4;1H. The van der Waals surface area contributed by atoms with Crippen molar-refractivity contribution in [2.45, 2.75) is 57.2 Å². The molecule has 2 aliphatic rings. The molecule has 22 aromatic rings. The van der Waals surface area contributed by atoms with Crippen LogP contribution in [0.2, 0.25) is 0 Å². The van der Waals surface area contributed by atoms with Gasteiger partial charge in [0.15, 0.2) is 0 Å². The Kier molecular flexibility index (Phi) is 19.7. The molecule has 591 valence electrons. The predicted octanol–water partition coefficient (Wildman–Crippen LogP) is 30.3. The molecular formula is C118H91BBrO3. The summed E-state index contributed by atoms with van der Waals surface area (Å²) >= 11 is 3.73. The van der Waals surface area contributed by atoms with Gasteiger partial charge in [-0.1, -0.05) is 412 Å². The third kappa shape index (κ3) is 12.5. The van der Waals surface area contributed by atoms with Gasteiger partial charge in [-0.15, -0.1) is 0 Å². The average Bonchev–Trinajstić information content (AvgIpc) is 1.51. The second-order valence-corrected chi connectivity index (χ2v) is 34.4. The van der Waals surface area contributed by atoms with Crippen LogP contribution >= 0.6 is 15.9 Å². The number of fused-ring (bicyclic) bond motifs is 12. The van der Waals surface area contributed by atoms with Crippen molar-refractivity contribution in [1.29, 1.82) is 0 Å². The SMILES string of the molecule is Brc1ccc2ccc3c(-c4ccc5ccccc5c4)ccc4ccc1c2c43.C.CC(C)(O)C(C)(C)O[B]c1cc2ccccc2c2c1-c1ccccc1C2(c1ccccc1)c1ccccc1.CO.[HH].c1ccc(C2(c3ccccc3)c3ccccc3-c3c(-c4ccc5ccc6c(-c7ccc8ccccc8c7)ccc7ccc4c5c76)cc4ccccc4c32)cc1. The number of halogens is 1.